The Morgan fingerprint density at radius 3 is 2.62 bits per heavy atom. The number of fused-ring (bicyclic) bond motifs is 1. The molecule has 0 radical (unpaired) electrons. The molecule has 0 fully saturated rings. The van der Waals surface area contributed by atoms with Gasteiger partial charge in [-0.1, -0.05) is 26.0 Å². The number of Topliss-reactive ketones (excluding diaryl/α,β-unsaturated/α-hetero) is 1. The Morgan fingerprint density at radius 1 is 1.23 bits per heavy atom. The predicted octanol–water partition coefficient (Wildman–Crippen LogP) is 3.78. The molecule has 0 N–H and O–H groups in total. The second kappa shape index (κ2) is 6.67. The van der Waals surface area contributed by atoms with Gasteiger partial charge in [0, 0.05) is 48.4 Å². The van der Waals surface area contributed by atoms with Gasteiger partial charge in [-0.15, -0.1) is 0 Å². The minimum Gasteiger partial charge on any atom is -0.341 e. The fraction of sp³-hybridized carbons (Fsp3) is 0.409. The Bertz CT molecular complexity index is 869. The van der Waals surface area contributed by atoms with Crippen LogP contribution in [0.25, 0.3) is 0 Å². The molecule has 0 saturated carbocycles. The van der Waals surface area contributed by atoms with Crippen molar-refractivity contribution >= 4 is 11.7 Å². The number of rotatable bonds is 4. The molecule has 3 rings (SSSR count). The van der Waals surface area contributed by atoms with Crippen molar-refractivity contribution in [3.8, 4) is 0 Å². The Kier molecular flexibility index (Phi) is 4.70. The number of ketones is 1. The minimum atomic E-state index is -0.442. The van der Waals surface area contributed by atoms with Crippen molar-refractivity contribution in [2.24, 2.45) is 5.41 Å². The first-order chi connectivity index (χ1) is 12.2. The molecule has 1 aliphatic rings. The standard InChI is InChI=1S/C22H26N2O2/c1-14-12-15(2)19(17-13-22(3,4)20(25)18(14)17)21(26)24(5)11-9-16-8-6-7-10-23-16/h6-8,10,12H,9,11,13H2,1-5H3. The van der Waals surface area contributed by atoms with Crippen molar-refractivity contribution in [2.45, 2.75) is 40.5 Å². The van der Waals surface area contributed by atoms with Gasteiger partial charge in [0.15, 0.2) is 5.78 Å². The smallest absolute Gasteiger partial charge is 0.254 e. The molecule has 1 heterocycles. The van der Waals surface area contributed by atoms with E-state index in [1.807, 2.05) is 59.0 Å². The topological polar surface area (TPSA) is 50.3 Å². The number of benzene rings is 1. The highest BCUT2D eigenvalue weighted by molar-refractivity contribution is 6.09. The largest absolute Gasteiger partial charge is 0.341 e. The van der Waals surface area contributed by atoms with Gasteiger partial charge in [0.2, 0.25) is 0 Å². The van der Waals surface area contributed by atoms with Crippen LogP contribution in [0.15, 0.2) is 30.5 Å². The zero-order valence-electron chi connectivity index (χ0n) is 16.2. The van der Waals surface area contributed by atoms with E-state index in [9.17, 15) is 9.59 Å². The van der Waals surface area contributed by atoms with Gasteiger partial charge in [-0.05, 0) is 49.1 Å². The maximum atomic E-state index is 13.2. The highest BCUT2D eigenvalue weighted by atomic mass is 16.2. The van der Waals surface area contributed by atoms with Crippen molar-refractivity contribution in [1.82, 2.24) is 9.88 Å². The lowest BCUT2D eigenvalue weighted by molar-refractivity contribution is 0.0793. The number of nitrogens with zero attached hydrogens (tertiary/aromatic N) is 2. The van der Waals surface area contributed by atoms with E-state index in [1.165, 1.54) is 0 Å². The van der Waals surface area contributed by atoms with Crippen LogP contribution in [-0.4, -0.2) is 35.2 Å². The van der Waals surface area contributed by atoms with E-state index in [1.54, 1.807) is 11.1 Å². The molecule has 1 amide bonds. The molecule has 0 aliphatic heterocycles. The molecule has 0 atom stereocenters. The van der Waals surface area contributed by atoms with E-state index in [2.05, 4.69) is 4.98 Å². The maximum absolute atomic E-state index is 13.2. The van der Waals surface area contributed by atoms with Gasteiger partial charge >= 0.3 is 0 Å². The number of pyridine rings is 1. The van der Waals surface area contributed by atoms with Gasteiger partial charge in [-0.3, -0.25) is 14.6 Å². The summed E-state index contributed by atoms with van der Waals surface area (Å²) in [5, 5.41) is 0. The summed E-state index contributed by atoms with van der Waals surface area (Å²) in [7, 11) is 1.82. The van der Waals surface area contributed by atoms with Crippen LogP contribution in [0, 0.1) is 19.3 Å². The Morgan fingerprint density at radius 2 is 1.96 bits per heavy atom. The van der Waals surface area contributed by atoms with Crippen LogP contribution in [0.3, 0.4) is 0 Å². The van der Waals surface area contributed by atoms with Crippen LogP contribution in [0.5, 0.6) is 0 Å². The quantitative estimate of drug-likeness (QED) is 0.843. The highest BCUT2D eigenvalue weighted by Crippen LogP contribution is 2.40. The SMILES string of the molecule is Cc1cc(C)c2c(c1C(=O)N(C)CCc1ccccn1)CC(C)(C)C2=O. The first kappa shape index (κ1) is 18.3. The first-order valence-corrected chi connectivity index (χ1v) is 9.05. The normalized spacial score (nSPS) is 15.0. The van der Waals surface area contributed by atoms with Gasteiger partial charge in [0.25, 0.3) is 5.91 Å². The molecule has 1 aliphatic carbocycles. The third-order valence-electron chi connectivity index (χ3n) is 5.28. The number of carbonyl (C=O) groups is 2. The molecular formula is C22H26N2O2. The molecule has 0 saturated heterocycles. The van der Waals surface area contributed by atoms with E-state index in [4.69, 9.17) is 0 Å². The molecule has 26 heavy (non-hydrogen) atoms. The van der Waals surface area contributed by atoms with E-state index in [0.717, 1.165) is 27.9 Å². The van der Waals surface area contributed by atoms with Gasteiger partial charge in [0.1, 0.15) is 0 Å². The Balaban J connectivity index is 1.90. The second-order valence-corrected chi connectivity index (χ2v) is 7.93. The van der Waals surface area contributed by atoms with Crippen LogP contribution < -0.4 is 0 Å². The molecule has 0 bridgehead atoms. The monoisotopic (exact) mass is 350 g/mol. The zero-order valence-corrected chi connectivity index (χ0v) is 16.2. The summed E-state index contributed by atoms with van der Waals surface area (Å²) in [4.78, 5) is 32.0. The van der Waals surface area contributed by atoms with Crippen LogP contribution in [-0.2, 0) is 12.8 Å². The van der Waals surface area contributed by atoms with Gasteiger partial charge in [-0.2, -0.15) is 0 Å². The fourth-order valence-corrected chi connectivity index (χ4v) is 3.84. The summed E-state index contributed by atoms with van der Waals surface area (Å²) in [6.45, 7) is 8.44. The van der Waals surface area contributed by atoms with E-state index in [-0.39, 0.29) is 11.7 Å². The number of carbonyl (C=O) groups excluding carboxylic acids is 2. The number of hydrogen-bond donors (Lipinski definition) is 0. The number of amides is 1. The van der Waals surface area contributed by atoms with Crippen molar-refractivity contribution in [3.05, 3.63) is 64.0 Å². The average molecular weight is 350 g/mol. The molecule has 0 unspecified atom stereocenters. The molecule has 4 nitrogen and oxygen atoms in total. The van der Waals surface area contributed by atoms with Crippen LogP contribution in [0.4, 0.5) is 0 Å². The van der Waals surface area contributed by atoms with Crippen LogP contribution in [0.2, 0.25) is 0 Å². The Labute approximate surface area is 155 Å². The summed E-state index contributed by atoms with van der Waals surface area (Å²) < 4.78 is 0. The molecule has 136 valence electrons. The maximum Gasteiger partial charge on any atom is 0.254 e. The third-order valence-corrected chi connectivity index (χ3v) is 5.28. The van der Waals surface area contributed by atoms with Crippen molar-refractivity contribution < 1.29 is 9.59 Å². The lowest BCUT2D eigenvalue weighted by Crippen LogP contribution is -2.30. The number of likely N-dealkylation sites (N-methyl/N-ethyl adjacent to an activating group) is 1. The molecule has 4 heteroatoms. The minimum absolute atomic E-state index is 0.0137. The number of hydrogen-bond acceptors (Lipinski definition) is 3. The summed E-state index contributed by atoms with van der Waals surface area (Å²) >= 11 is 0. The third kappa shape index (κ3) is 3.16. The molecule has 1 aromatic carbocycles. The Hall–Kier alpha value is -2.49. The highest BCUT2D eigenvalue weighted by Gasteiger charge is 2.41. The van der Waals surface area contributed by atoms with Crippen LogP contribution in [0.1, 0.15) is 56.9 Å². The predicted molar refractivity (Wildman–Crippen MR) is 103 cm³/mol. The fourth-order valence-electron chi connectivity index (χ4n) is 3.84. The van der Waals surface area contributed by atoms with Crippen molar-refractivity contribution in [1.29, 1.82) is 0 Å². The van der Waals surface area contributed by atoms with E-state index in [0.29, 0.717) is 24.9 Å². The number of aryl methyl sites for hydroxylation is 2. The van der Waals surface area contributed by atoms with E-state index < -0.39 is 5.41 Å². The molecule has 0 spiro atoms. The lowest BCUT2D eigenvalue weighted by Gasteiger charge is -2.21. The summed E-state index contributed by atoms with van der Waals surface area (Å²) in [5.41, 5.74) is 4.82. The molecular weight excluding hydrogens is 324 g/mol. The summed E-state index contributed by atoms with van der Waals surface area (Å²) in [5.74, 6) is 0.135. The molecule has 2 aromatic rings. The summed E-state index contributed by atoms with van der Waals surface area (Å²) in [6.07, 6.45) is 3.10. The van der Waals surface area contributed by atoms with E-state index >= 15 is 0 Å². The average Bonchev–Trinajstić information content (AvgIpc) is 2.83. The zero-order chi connectivity index (χ0) is 19.1. The first-order valence-electron chi connectivity index (χ1n) is 9.05. The number of aromatic nitrogens is 1. The van der Waals surface area contributed by atoms with Gasteiger partial charge in [0.05, 0.1) is 0 Å². The second-order valence-electron chi connectivity index (χ2n) is 7.93. The van der Waals surface area contributed by atoms with Gasteiger partial charge < -0.3 is 4.90 Å². The van der Waals surface area contributed by atoms with Gasteiger partial charge in [-0.25, -0.2) is 0 Å². The summed E-state index contributed by atoms with van der Waals surface area (Å²) in [6, 6.07) is 7.78. The van der Waals surface area contributed by atoms with Crippen molar-refractivity contribution in [2.75, 3.05) is 13.6 Å². The van der Waals surface area contributed by atoms with Crippen molar-refractivity contribution in [3.63, 3.8) is 0 Å². The lowest BCUT2D eigenvalue weighted by atomic mass is 9.88. The molecule has 1 aromatic heterocycles. The van der Waals surface area contributed by atoms with Crippen LogP contribution >= 0.6 is 0 Å².